The summed E-state index contributed by atoms with van der Waals surface area (Å²) < 4.78 is 0. The van der Waals surface area contributed by atoms with Crippen molar-refractivity contribution in [1.29, 1.82) is 0 Å². The number of aliphatic hydroxyl groups is 1. The normalized spacial score (nSPS) is 14.2. The van der Waals surface area contributed by atoms with E-state index in [2.05, 4.69) is 4.98 Å². The monoisotopic (exact) mass is 261 g/mol. The standard InChI is InChI=1S/C15H16ClNO/c1-11(9-13-7-8-17-10-14(13)16)15(18)12-5-3-2-4-6-12/h2-8,10-11,15,18H,9H2,1H3. The Morgan fingerprint density at radius 2 is 1.94 bits per heavy atom. The average Bonchev–Trinajstić information content (AvgIpc) is 2.41. The van der Waals surface area contributed by atoms with Gasteiger partial charge in [0.25, 0.3) is 0 Å². The van der Waals surface area contributed by atoms with Crippen LogP contribution in [0.3, 0.4) is 0 Å². The zero-order valence-electron chi connectivity index (χ0n) is 10.3. The number of nitrogens with zero attached hydrogens (tertiary/aromatic N) is 1. The van der Waals surface area contributed by atoms with Crippen LogP contribution in [0.1, 0.15) is 24.2 Å². The van der Waals surface area contributed by atoms with E-state index in [9.17, 15) is 5.11 Å². The van der Waals surface area contributed by atoms with Crippen LogP contribution in [-0.2, 0) is 6.42 Å². The second-order valence-corrected chi connectivity index (χ2v) is 4.91. The lowest BCUT2D eigenvalue weighted by molar-refractivity contribution is 0.117. The molecule has 0 radical (unpaired) electrons. The van der Waals surface area contributed by atoms with E-state index in [1.165, 1.54) is 0 Å². The topological polar surface area (TPSA) is 33.1 Å². The second-order valence-electron chi connectivity index (χ2n) is 4.50. The van der Waals surface area contributed by atoms with Crippen molar-refractivity contribution in [2.75, 3.05) is 0 Å². The fraction of sp³-hybridized carbons (Fsp3) is 0.267. The van der Waals surface area contributed by atoms with Crippen LogP contribution in [0, 0.1) is 5.92 Å². The van der Waals surface area contributed by atoms with Gasteiger partial charge in [-0.05, 0) is 29.5 Å². The number of aliphatic hydroxyl groups excluding tert-OH is 1. The summed E-state index contributed by atoms with van der Waals surface area (Å²) in [6.07, 6.45) is 3.62. The molecule has 3 heteroatoms. The predicted molar refractivity (Wildman–Crippen MR) is 73.5 cm³/mol. The van der Waals surface area contributed by atoms with Gasteiger partial charge in [-0.2, -0.15) is 0 Å². The third-order valence-corrected chi connectivity index (χ3v) is 3.42. The summed E-state index contributed by atoms with van der Waals surface area (Å²) >= 11 is 6.07. The van der Waals surface area contributed by atoms with Crippen LogP contribution in [0.5, 0.6) is 0 Å². The summed E-state index contributed by atoms with van der Waals surface area (Å²) in [7, 11) is 0. The molecule has 0 saturated carbocycles. The summed E-state index contributed by atoms with van der Waals surface area (Å²) in [4.78, 5) is 3.96. The molecular weight excluding hydrogens is 246 g/mol. The van der Waals surface area contributed by atoms with Gasteiger partial charge >= 0.3 is 0 Å². The number of hydrogen-bond donors (Lipinski definition) is 1. The molecule has 1 aromatic heterocycles. The highest BCUT2D eigenvalue weighted by molar-refractivity contribution is 6.31. The molecule has 0 bridgehead atoms. The first kappa shape index (κ1) is 13.1. The van der Waals surface area contributed by atoms with E-state index in [4.69, 9.17) is 11.6 Å². The van der Waals surface area contributed by atoms with Gasteiger partial charge in [0.15, 0.2) is 0 Å². The van der Waals surface area contributed by atoms with E-state index in [1.807, 2.05) is 43.3 Å². The minimum absolute atomic E-state index is 0.104. The van der Waals surface area contributed by atoms with Crippen molar-refractivity contribution in [3.05, 3.63) is 64.9 Å². The molecule has 0 aliphatic carbocycles. The molecule has 0 aliphatic rings. The van der Waals surface area contributed by atoms with Crippen LogP contribution in [-0.4, -0.2) is 10.1 Å². The first-order valence-electron chi connectivity index (χ1n) is 6.00. The molecule has 94 valence electrons. The van der Waals surface area contributed by atoms with E-state index in [0.717, 1.165) is 17.5 Å². The molecule has 2 aromatic rings. The molecule has 0 saturated heterocycles. The smallest absolute Gasteiger partial charge is 0.0818 e. The Balaban J connectivity index is 2.09. The molecule has 0 amide bonds. The van der Waals surface area contributed by atoms with E-state index in [0.29, 0.717) is 5.02 Å². The van der Waals surface area contributed by atoms with Crippen molar-refractivity contribution in [2.45, 2.75) is 19.4 Å². The van der Waals surface area contributed by atoms with Crippen molar-refractivity contribution < 1.29 is 5.11 Å². The summed E-state index contributed by atoms with van der Waals surface area (Å²) in [5.74, 6) is 0.104. The van der Waals surface area contributed by atoms with Crippen LogP contribution in [0.2, 0.25) is 5.02 Å². The Labute approximate surface area is 112 Å². The molecule has 2 nitrogen and oxygen atoms in total. The Morgan fingerprint density at radius 1 is 1.22 bits per heavy atom. The lowest BCUT2D eigenvalue weighted by atomic mass is 9.92. The van der Waals surface area contributed by atoms with Gasteiger partial charge in [-0.25, -0.2) is 0 Å². The van der Waals surface area contributed by atoms with Gasteiger partial charge in [0.05, 0.1) is 11.1 Å². The third kappa shape index (κ3) is 3.09. The van der Waals surface area contributed by atoms with Crippen LogP contribution in [0.15, 0.2) is 48.8 Å². The lowest BCUT2D eigenvalue weighted by Crippen LogP contribution is -2.12. The minimum Gasteiger partial charge on any atom is -0.388 e. The van der Waals surface area contributed by atoms with Gasteiger partial charge in [-0.1, -0.05) is 48.9 Å². The van der Waals surface area contributed by atoms with Crippen molar-refractivity contribution in [2.24, 2.45) is 5.92 Å². The van der Waals surface area contributed by atoms with E-state index in [1.54, 1.807) is 12.4 Å². The third-order valence-electron chi connectivity index (χ3n) is 3.08. The Kier molecular flexibility index (Phi) is 4.34. The van der Waals surface area contributed by atoms with E-state index in [-0.39, 0.29) is 5.92 Å². The Bertz CT molecular complexity index is 501. The Hall–Kier alpha value is -1.38. The first-order chi connectivity index (χ1) is 8.68. The number of benzene rings is 1. The number of rotatable bonds is 4. The quantitative estimate of drug-likeness (QED) is 0.911. The fourth-order valence-corrected chi connectivity index (χ4v) is 2.20. The van der Waals surface area contributed by atoms with Gasteiger partial charge in [0.1, 0.15) is 0 Å². The maximum atomic E-state index is 10.3. The average molecular weight is 262 g/mol. The first-order valence-corrected chi connectivity index (χ1v) is 6.37. The summed E-state index contributed by atoms with van der Waals surface area (Å²) in [5.41, 5.74) is 1.96. The van der Waals surface area contributed by atoms with Crippen molar-refractivity contribution in [3.8, 4) is 0 Å². The van der Waals surface area contributed by atoms with Crippen LogP contribution in [0.25, 0.3) is 0 Å². The molecule has 2 atom stereocenters. The highest BCUT2D eigenvalue weighted by Gasteiger charge is 2.17. The highest BCUT2D eigenvalue weighted by Crippen LogP contribution is 2.26. The number of halogens is 1. The van der Waals surface area contributed by atoms with Crippen molar-refractivity contribution in [1.82, 2.24) is 4.98 Å². The molecular formula is C15H16ClNO. The molecule has 18 heavy (non-hydrogen) atoms. The summed E-state index contributed by atoms with van der Waals surface area (Å²) in [5, 5.41) is 10.9. The number of aromatic nitrogens is 1. The van der Waals surface area contributed by atoms with Gasteiger partial charge in [0.2, 0.25) is 0 Å². The number of pyridine rings is 1. The molecule has 1 N–H and O–H groups in total. The maximum Gasteiger partial charge on any atom is 0.0818 e. The van der Waals surface area contributed by atoms with Crippen LogP contribution < -0.4 is 0 Å². The summed E-state index contributed by atoms with van der Waals surface area (Å²) in [6, 6.07) is 11.6. The molecule has 2 unspecified atom stereocenters. The molecule has 1 aromatic carbocycles. The molecule has 0 fully saturated rings. The summed E-state index contributed by atoms with van der Waals surface area (Å²) in [6.45, 7) is 2.02. The van der Waals surface area contributed by atoms with Gasteiger partial charge in [-0.15, -0.1) is 0 Å². The second kappa shape index (κ2) is 5.98. The SMILES string of the molecule is CC(Cc1ccncc1Cl)C(O)c1ccccc1. The van der Waals surface area contributed by atoms with E-state index < -0.39 is 6.10 Å². The largest absolute Gasteiger partial charge is 0.388 e. The van der Waals surface area contributed by atoms with Crippen LogP contribution >= 0.6 is 11.6 Å². The van der Waals surface area contributed by atoms with Gasteiger partial charge in [0, 0.05) is 12.4 Å². The van der Waals surface area contributed by atoms with Gasteiger partial charge < -0.3 is 5.11 Å². The molecule has 0 spiro atoms. The van der Waals surface area contributed by atoms with Crippen molar-refractivity contribution >= 4 is 11.6 Å². The minimum atomic E-state index is -0.476. The lowest BCUT2D eigenvalue weighted by Gasteiger charge is -2.19. The van der Waals surface area contributed by atoms with Crippen LogP contribution in [0.4, 0.5) is 0 Å². The highest BCUT2D eigenvalue weighted by atomic mass is 35.5. The maximum absolute atomic E-state index is 10.3. The Morgan fingerprint density at radius 3 is 2.61 bits per heavy atom. The zero-order valence-corrected chi connectivity index (χ0v) is 11.0. The molecule has 0 aliphatic heterocycles. The van der Waals surface area contributed by atoms with Crippen molar-refractivity contribution in [3.63, 3.8) is 0 Å². The fourth-order valence-electron chi connectivity index (χ4n) is 2.01. The molecule has 1 heterocycles. The molecule has 2 rings (SSSR count). The van der Waals surface area contributed by atoms with Gasteiger partial charge in [-0.3, -0.25) is 4.98 Å². The predicted octanol–water partition coefficient (Wildman–Crippen LogP) is 3.65. The number of hydrogen-bond acceptors (Lipinski definition) is 2. The van der Waals surface area contributed by atoms with E-state index >= 15 is 0 Å². The zero-order chi connectivity index (χ0) is 13.0.